The normalized spacial score (nSPS) is 9.75. The van der Waals surface area contributed by atoms with Crippen molar-refractivity contribution in [1.29, 1.82) is 0 Å². The summed E-state index contributed by atoms with van der Waals surface area (Å²) in [6.45, 7) is 1.60. The molecule has 1 aromatic heterocycles. The lowest BCUT2D eigenvalue weighted by atomic mass is 10.3. The molecule has 0 amide bonds. The molecule has 0 aliphatic rings. The van der Waals surface area contributed by atoms with E-state index in [9.17, 15) is 9.59 Å². The fourth-order valence-electron chi connectivity index (χ4n) is 0.903. The summed E-state index contributed by atoms with van der Waals surface area (Å²) in [6.07, 6.45) is -0.253. The van der Waals surface area contributed by atoms with E-state index in [2.05, 4.69) is 0 Å². The second kappa shape index (κ2) is 3.21. The van der Waals surface area contributed by atoms with Crippen molar-refractivity contribution in [2.45, 2.75) is 13.3 Å². The predicted molar refractivity (Wildman–Crippen MR) is 41.1 cm³/mol. The molecule has 0 saturated heterocycles. The Labute approximate surface area is 68.4 Å². The molecular weight excluding hydrogens is 160 g/mol. The molecule has 0 unspecified atom stereocenters. The molecule has 0 atom stereocenters. The van der Waals surface area contributed by atoms with Gasteiger partial charge in [0.05, 0.1) is 0 Å². The second-order valence-electron chi connectivity index (χ2n) is 2.44. The molecule has 0 saturated carbocycles. The van der Waals surface area contributed by atoms with Gasteiger partial charge in [-0.25, -0.2) is 0 Å². The summed E-state index contributed by atoms with van der Waals surface area (Å²) >= 11 is 0. The maximum absolute atomic E-state index is 10.8. The van der Waals surface area contributed by atoms with E-state index >= 15 is 0 Å². The quantitative estimate of drug-likeness (QED) is 0.701. The summed E-state index contributed by atoms with van der Waals surface area (Å²) in [7, 11) is 0. The number of carbonyl (C=O) groups is 1. The van der Waals surface area contributed by atoms with Crippen LogP contribution in [-0.2, 0) is 11.2 Å². The Bertz CT molecular complexity index is 350. The van der Waals surface area contributed by atoms with Crippen LogP contribution in [-0.4, -0.2) is 11.1 Å². The SMILES string of the molecule is Cc1cc(=O)cc(CC(=O)O)o1. The van der Waals surface area contributed by atoms with Gasteiger partial charge in [-0.15, -0.1) is 0 Å². The van der Waals surface area contributed by atoms with Gasteiger partial charge in [-0.2, -0.15) is 0 Å². The summed E-state index contributed by atoms with van der Waals surface area (Å²) < 4.78 is 4.99. The molecular formula is C8H8O4. The highest BCUT2D eigenvalue weighted by molar-refractivity contribution is 5.69. The minimum atomic E-state index is -1.01. The van der Waals surface area contributed by atoms with Crippen molar-refractivity contribution in [3.8, 4) is 0 Å². The fraction of sp³-hybridized carbons (Fsp3) is 0.250. The topological polar surface area (TPSA) is 67.5 Å². The van der Waals surface area contributed by atoms with Gasteiger partial charge >= 0.3 is 5.97 Å². The van der Waals surface area contributed by atoms with Gasteiger partial charge in [0.1, 0.15) is 17.9 Å². The van der Waals surface area contributed by atoms with Crippen LogP contribution in [0.2, 0.25) is 0 Å². The molecule has 0 bridgehead atoms. The number of rotatable bonds is 2. The minimum absolute atomic E-state index is 0.188. The number of hydrogen-bond acceptors (Lipinski definition) is 3. The summed E-state index contributed by atoms with van der Waals surface area (Å²) in [5, 5.41) is 8.39. The van der Waals surface area contributed by atoms with Crippen molar-refractivity contribution in [3.63, 3.8) is 0 Å². The molecule has 0 fully saturated rings. The first-order valence-corrected chi connectivity index (χ1v) is 3.40. The zero-order valence-electron chi connectivity index (χ0n) is 6.53. The molecule has 64 valence electrons. The number of hydrogen-bond donors (Lipinski definition) is 1. The summed E-state index contributed by atoms with van der Waals surface area (Å²) in [4.78, 5) is 21.1. The van der Waals surface area contributed by atoms with E-state index in [0.717, 1.165) is 0 Å². The summed E-state index contributed by atoms with van der Waals surface area (Å²) in [5.74, 6) is -0.394. The highest BCUT2D eigenvalue weighted by Crippen LogP contribution is 2.00. The fourth-order valence-corrected chi connectivity index (χ4v) is 0.903. The Morgan fingerprint density at radius 2 is 2.25 bits per heavy atom. The number of carboxylic acid groups (broad SMARTS) is 1. The van der Waals surface area contributed by atoms with Gasteiger partial charge in [0.25, 0.3) is 0 Å². The molecule has 1 rings (SSSR count). The van der Waals surface area contributed by atoms with Crippen molar-refractivity contribution in [2.24, 2.45) is 0 Å². The zero-order chi connectivity index (χ0) is 9.14. The molecule has 1 heterocycles. The predicted octanol–water partition coefficient (Wildman–Crippen LogP) is 0.575. The van der Waals surface area contributed by atoms with E-state index in [1.807, 2.05) is 0 Å². The largest absolute Gasteiger partial charge is 0.481 e. The van der Waals surface area contributed by atoms with Gasteiger partial charge in [-0.1, -0.05) is 0 Å². The molecule has 0 radical (unpaired) electrons. The summed E-state index contributed by atoms with van der Waals surface area (Å²) in [5.41, 5.74) is -0.227. The van der Waals surface area contributed by atoms with Crippen LogP contribution in [0.4, 0.5) is 0 Å². The van der Waals surface area contributed by atoms with E-state index in [-0.39, 0.29) is 17.6 Å². The average molecular weight is 168 g/mol. The highest BCUT2D eigenvalue weighted by atomic mass is 16.4. The number of aryl methyl sites for hydroxylation is 1. The van der Waals surface area contributed by atoms with Gasteiger partial charge in [-0.05, 0) is 6.92 Å². The van der Waals surface area contributed by atoms with Crippen molar-refractivity contribution in [2.75, 3.05) is 0 Å². The van der Waals surface area contributed by atoms with Gasteiger partial charge in [0, 0.05) is 12.1 Å². The lowest BCUT2D eigenvalue weighted by Crippen LogP contribution is -2.05. The van der Waals surface area contributed by atoms with E-state index in [1.165, 1.54) is 12.1 Å². The molecule has 4 heteroatoms. The Hall–Kier alpha value is -1.58. The van der Waals surface area contributed by atoms with Crippen LogP contribution in [0, 0.1) is 6.92 Å². The van der Waals surface area contributed by atoms with Crippen LogP contribution < -0.4 is 5.43 Å². The molecule has 1 aromatic rings. The molecule has 1 N–H and O–H groups in total. The standard InChI is InChI=1S/C8H8O4/c1-5-2-6(9)3-7(12-5)4-8(10)11/h2-3H,4H2,1H3,(H,10,11). The molecule has 0 spiro atoms. The van der Waals surface area contributed by atoms with Gasteiger partial charge < -0.3 is 9.52 Å². The van der Waals surface area contributed by atoms with E-state index in [0.29, 0.717) is 5.76 Å². The first kappa shape index (κ1) is 8.52. The lowest BCUT2D eigenvalue weighted by molar-refractivity contribution is -0.136. The van der Waals surface area contributed by atoms with Crippen molar-refractivity contribution in [1.82, 2.24) is 0 Å². The zero-order valence-corrected chi connectivity index (χ0v) is 6.53. The van der Waals surface area contributed by atoms with Crippen LogP contribution in [0.5, 0.6) is 0 Å². The molecule has 0 aliphatic heterocycles. The van der Waals surface area contributed by atoms with Gasteiger partial charge in [-0.3, -0.25) is 9.59 Å². The van der Waals surface area contributed by atoms with Crippen molar-refractivity contribution >= 4 is 5.97 Å². The second-order valence-corrected chi connectivity index (χ2v) is 2.44. The van der Waals surface area contributed by atoms with Crippen molar-refractivity contribution < 1.29 is 14.3 Å². The Morgan fingerprint density at radius 1 is 1.58 bits per heavy atom. The van der Waals surface area contributed by atoms with Crippen LogP contribution >= 0.6 is 0 Å². The van der Waals surface area contributed by atoms with Crippen molar-refractivity contribution in [3.05, 3.63) is 33.9 Å². The number of carboxylic acids is 1. The van der Waals surface area contributed by atoms with Gasteiger partial charge in [0.15, 0.2) is 5.43 Å². The third kappa shape index (κ3) is 2.23. The molecule has 12 heavy (non-hydrogen) atoms. The lowest BCUT2D eigenvalue weighted by Gasteiger charge is -1.96. The third-order valence-electron chi connectivity index (χ3n) is 1.27. The molecule has 0 aromatic carbocycles. The Morgan fingerprint density at radius 3 is 2.75 bits per heavy atom. The minimum Gasteiger partial charge on any atom is -0.481 e. The molecule has 0 aliphatic carbocycles. The molecule has 4 nitrogen and oxygen atoms in total. The van der Waals surface area contributed by atoms with Crippen LogP contribution in [0.3, 0.4) is 0 Å². The van der Waals surface area contributed by atoms with E-state index in [1.54, 1.807) is 6.92 Å². The van der Waals surface area contributed by atoms with E-state index in [4.69, 9.17) is 9.52 Å². The average Bonchev–Trinajstić information content (AvgIpc) is 1.81. The Balaban J connectivity index is 3.01. The van der Waals surface area contributed by atoms with E-state index < -0.39 is 5.97 Å². The van der Waals surface area contributed by atoms with Crippen LogP contribution in [0.1, 0.15) is 11.5 Å². The third-order valence-corrected chi connectivity index (χ3v) is 1.27. The van der Waals surface area contributed by atoms with Crippen LogP contribution in [0.15, 0.2) is 21.3 Å². The maximum Gasteiger partial charge on any atom is 0.311 e. The monoisotopic (exact) mass is 168 g/mol. The van der Waals surface area contributed by atoms with Gasteiger partial charge in [0.2, 0.25) is 0 Å². The first-order chi connectivity index (χ1) is 5.58. The smallest absolute Gasteiger partial charge is 0.311 e. The maximum atomic E-state index is 10.8. The first-order valence-electron chi connectivity index (χ1n) is 3.40. The highest BCUT2D eigenvalue weighted by Gasteiger charge is 2.03. The number of aliphatic carboxylic acids is 1. The Kier molecular flexibility index (Phi) is 2.28. The summed E-state index contributed by atoms with van der Waals surface area (Å²) in [6, 6.07) is 2.49. The van der Waals surface area contributed by atoms with Crippen LogP contribution in [0.25, 0.3) is 0 Å².